The number of hydrogen-bond donors (Lipinski definition) is 1. The molecule has 2 amide bonds. The average molecular weight is 343 g/mol. The minimum atomic E-state index is -0.849. The number of likely N-dealkylation sites (tertiary alicyclic amines) is 1. The Morgan fingerprint density at radius 1 is 1.42 bits per heavy atom. The Kier molecular flexibility index (Phi) is 3.53. The fraction of sp³-hybridized carbons (Fsp3) is 0.353. The van der Waals surface area contributed by atoms with Gasteiger partial charge in [-0.05, 0) is 25.5 Å². The van der Waals surface area contributed by atoms with Crippen LogP contribution in [-0.4, -0.2) is 40.5 Å². The van der Waals surface area contributed by atoms with E-state index in [2.05, 4.69) is 10.3 Å². The van der Waals surface area contributed by atoms with Gasteiger partial charge in [0.05, 0.1) is 23.3 Å². The van der Waals surface area contributed by atoms with E-state index in [4.69, 9.17) is 4.74 Å². The predicted molar refractivity (Wildman–Crippen MR) is 89.3 cm³/mol. The number of ether oxygens (including phenoxy) is 1. The van der Waals surface area contributed by atoms with E-state index in [-0.39, 0.29) is 11.8 Å². The van der Waals surface area contributed by atoms with E-state index >= 15 is 0 Å². The molecule has 2 aromatic rings. The molecule has 0 saturated carbocycles. The molecule has 2 aliphatic heterocycles. The number of rotatable bonds is 1. The van der Waals surface area contributed by atoms with Crippen LogP contribution in [0.25, 0.3) is 0 Å². The molecule has 6 nitrogen and oxygen atoms in total. The van der Waals surface area contributed by atoms with Crippen molar-refractivity contribution in [3.63, 3.8) is 0 Å². The molecule has 24 heavy (non-hydrogen) atoms. The van der Waals surface area contributed by atoms with Crippen LogP contribution in [-0.2, 0) is 0 Å². The number of carbonyl (C=O) groups is 2. The molecule has 0 bridgehead atoms. The summed E-state index contributed by atoms with van der Waals surface area (Å²) in [4.78, 5) is 31.7. The molecule has 3 heterocycles. The molecule has 1 unspecified atom stereocenters. The number of amides is 2. The lowest BCUT2D eigenvalue weighted by molar-refractivity contribution is -0.0313. The summed E-state index contributed by atoms with van der Waals surface area (Å²) in [5, 5.41) is 2.97. The minimum Gasteiger partial charge on any atom is -0.465 e. The highest BCUT2D eigenvalue weighted by Gasteiger charge is 2.44. The number of para-hydroxylation sites is 1. The number of benzene rings is 1. The van der Waals surface area contributed by atoms with E-state index in [0.717, 1.165) is 12.1 Å². The van der Waals surface area contributed by atoms with Crippen molar-refractivity contribution in [2.24, 2.45) is 0 Å². The zero-order valence-corrected chi connectivity index (χ0v) is 14.1. The molecule has 0 aliphatic carbocycles. The molecule has 1 atom stereocenters. The van der Waals surface area contributed by atoms with Crippen LogP contribution in [0.1, 0.15) is 38.6 Å². The topological polar surface area (TPSA) is 71.5 Å². The standard InChI is InChI=1S/C17H17N3O3S/c1-11-14(24-10-18-11)16(22)20-8-4-7-17(9-20)19-15(21)12-5-2-3-6-13(12)23-17/h2-3,5-6,10H,4,7-9H2,1H3,(H,19,21). The molecule has 1 N–H and O–H groups in total. The number of aromatic nitrogens is 1. The van der Waals surface area contributed by atoms with E-state index in [0.29, 0.717) is 35.7 Å². The van der Waals surface area contributed by atoms with E-state index in [1.165, 1.54) is 11.3 Å². The van der Waals surface area contributed by atoms with Crippen LogP contribution >= 0.6 is 11.3 Å². The molecule has 0 radical (unpaired) electrons. The fourth-order valence-corrected chi connectivity index (χ4v) is 4.05. The maximum absolute atomic E-state index is 12.8. The molecule has 1 spiro atoms. The van der Waals surface area contributed by atoms with Crippen molar-refractivity contribution < 1.29 is 14.3 Å². The summed E-state index contributed by atoms with van der Waals surface area (Å²) in [6, 6.07) is 7.19. The van der Waals surface area contributed by atoms with Gasteiger partial charge in [-0.1, -0.05) is 12.1 Å². The first kappa shape index (κ1) is 15.1. The second-order valence-corrected chi connectivity index (χ2v) is 7.00. The first-order valence-electron chi connectivity index (χ1n) is 7.88. The van der Waals surface area contributed by atoms with Gasteiger partial charge in [0.1, 0.15) is 10.6 Å². The SMILES string of the molecule is Cc1ncsc1C(=O)N1CCCC2(C1)NC(=O)c1ccccc1O2. The normalized spacial score (nSPS) is 22.7. The molecule has 1 aromatic heterocycles. The minimum absolute atomic E-state index is 0.0502. The van der Waals surface area contributed by atoms with Crippen LogP contribution in [0.2, 0.25) is 0 Å². The molecular weight excluding hydrogens is 326 g/mol. The summed E-state index contributed by atoms with van der Waals surface area (Å²) in [5.41, 5.74) is 2.10. The second kappa shape index (κ2) is 5.59. The lowest BCUT2D eigenvalue weighted by Gasteiger charge is -2.45. The van der Waals surface area contributed by atoms with Gasteiger partial charge in [0.25, 0.3) is 11.8 Å². The largest absolute Gasteiger partial charge is 0.465 e. The van der Waals surface area contributed by atoms with Gasteiger partial charge in [-0.2, -0.15) is 0 Å². The summed E-state index contributed by atoms with van der Waals surface area (Å²) >= 11 is 1.35. The summed E-state index contributed by atoms with van der Waals surface area (Å²) in [6.45, 7) is 2.82. The Labute approximate surface area is 143 Å². The number of nitrogens with one attached hydrogen (secondary N) is 1. The lowest BCUT2D eigenvalue weighted by Crippen LogP contribution is -2.64. The van der Waals surface area contributed by atoms with Crippen LogP contribution in [0.15, 0.2) is 29.8 Å². The molecule has 1 fully saturated rings. The third kappa shape index (κ3) is 2.45. The number of fused-ring (bicyclic) bond motifs is 1. The average Bonchev–Trinajstić information content (AvgIpc) is 3.00. The summed E-state index contributed by atoms with van der Waals surface area (Å²) in [7, 11) is 0. The third-order valence-corrected chi connectivity index (χ3v) is 5.38. The fourth-order valence-electron chi connectivity index (χ4n) is 3.28. The Hall–Kier alpha value is -2.41. The zero-order chi connectivity index (χ0) is 16.7. The molecule has 124 valence electrons. The van der Waals surface area contributed by atoms with Gasteiger partial charge in [0.2, 0.25) is 5.72 Å². The van der Waals surface area contributed by atoms with Crippen molar-refractivity contribution in [3.05, 3.63) is 45.9 Å². The first-order chi connectivity index (χ1) is 11.6. The van der Waals surface area contributed by atoms with Gasteiger partial charge in [-0.15, -0.1) is 11.3 Å². The highest BCUT2D eigenvalue weighted by atomic mass is 32.1. The Bertz CT molecular complexity index is 819. The molecule has 2 aliphatic rings. The monoisotopic (exact) mass is 343 g/mol. The van der Waals surface area contributed by atoms with Crippen LogP contribution in [0, 0.1) is 6.92 Å². The van der Waals surface area contributed by atoms with Crippen LogP contribution < -0.4 is 10.1 Å². The Balaban J connectivity index is 1.60. The smallest absolute Gasteiger partial charge is 0.266 e. The van der Waals surface area contributed by atoms with Crippen molar-refractivity contribution in [3.8, 4) is 5.75 Å². The molecule has 4 rings (SSSR count). The van der Waals surface area contributed by atoms with E-state index in [1.54, 1.807) is 22.5 Å². The van der Waals surface area contributed by atoms with E-state index in [9.17, 15) is 9.59 Å². The number of carbonyl (C=O) groups excluding carboxylic acids is 2. The van der Waals surface area contributed by atoms with Crippen molar-refractivity contribution in [1.29, 1.82) is 0 Å². The number of piperidine rings is 1. The van der Waals surface area contributed by atoms with Gasteiger partial charge in [-0.25, -0.2) is 4.98 Å². The summed E-state index contributed by atoms with van der Waals surface area (Å²) in [5.74, 6) is 0.371. The van der Waals surface area contributed by atoms with Crippen molar-refractivity contribution >= 4 is 23.2 Å². The number of nitrogens with zero attached hydrogens (tertiary/aromatic N) is 2. The van der Waals surface area contributed by atoms with Gasteiger partial charge in [-0.3, -0.25) is 9.59 Å². The lowest BCUT2D eigenvalue weighted by atomic mass is 9.97. The first-order valence-corrected chi connectivity index (χ1v) is 8.76. The quantitative estimate of drug-likeness (QED) is 0.862. The van der Waals surface area contributed by atoms with E-state index < -0.39 is 5.72 Å². The van der Waals surface area contributed by atoms with Crippen LogP contribution in [0.4, 0.5) is 0 Å². The van der Waals surface area contributed by atoms with E-state index in [1.807, 2.05) is 19.1 Å². The van der Waals surface area contributed by atoms with Crippen molar-refractivity contribution in [1.82, 2.24) is 15.2 Å². The maximum Gasteiger partial charge on any atom is 0.266 e. The number of aryl methyl sites for hydroxylation is 1. The van der Waals surface area contributed by atoms with Crippen LogP contribution in [0.3, 0.4) is 0 Å². The third-order valence-electron chi connectivity index (χ3n) is 4.46. The molecular formula is C17H17N3O3S. The predicted octanol–water partition coefficient (Wildman–Crippen LogP) is 2.21. The van der Waals surface area contributed by atoms with Crippen LogP contribution in [0.5, 0.6) is 5.75 Å². The second-order valence-electron chi connectivity index (χ2n) is 6.14. The highest BCUT2D eigenvalue weighted by molar-refractivity contribution is 7.11. The highest BCUT2D eigenvalue weighted by Crippen LogP contribution is 2.33. The Morgan fingerprint density at radius 3 is 3.04 bits per heavy atom. The molecule has 7 heteroatoms. The number of hydrogen-bond acceptors (Lipinski definition) is 5. The van der Waals surface area contributed by atoms with Gasteiger partial charge >= 0.3 is 0 Å². The van der Waals surface area contributed by atoms with Gasteiger partial charge in [0, 0.05) is 13.0 Å². The van der Waals surface area contributed by atoms with Gasteiger partial charge < -0.3 is 15.0 Å². The summed E-state index contributed by atoms with van der Waals surface area (Å²) in [6.07, 6.45) is 1.45. The maximum atomic E-state index is 12.8. The number of thiazole rings is 1. The molecule has 1 aromatic carbocycles. The Morgan fingerprint density at radius 2 is 2.25 bits per heavy atom. The van der Waals surface area contributed by atoms with Crippen molar-refractivity contribution in [2.45, 2.75) is 25.5 Å². The summed E-state index contributed by atoms with van der Waals surface area (Å²) < 4.78 is 6.12. The zero-order valence-electron chi connectivity index (χ0n) is 13.2. The molecule has 1 saturated heterocycles. The van der Waals surface area contributed by atoms with Crippen molar-refractivity contribution in [2.75, 3.05) is 13.1 Å². The van der Waals surface area contributed by atoms with Gasteiger partial charge in [0.15, 0.2) is 0 Å².